The molecule has 0 saturated carbocycles. The number of aromatic carboxylic acids is 1. The molecule has 0 saturated heterocycles. The smallest absolute Gasteiger partial charge is 0.335 e. The Morgan fingerprint density at radius 2 is 2.10 bits per heavy atom. The number of rotatable bonds is 5. The zero-order chi connectivity index (χ0) is 14.9. The van der Waals surface area contributed by atoms with E-state index in [1.807, 2.05) is 6.07 Å². The lowest BCUT2D eigenvalue weighted by atomic mass is 10.0. The van der Waals surface area contributed by atoms with Gasteiger partial charge < -0.3 is 15.4 Å². The lowest BCUT2D eigenvalue weighted by Crippen LogP contribution is -2.04. The molecule has 2 aromatic rings. The summed E-state index contributed by atoms with van der Waals surface area (Å²) in [5.41, 5.74) is 9.50. The highest BCUT2D eigenvalue weighted by Crippen LogP contribution is 2.30. The molecule has 2 rings (SSSR count). The van der Waals surface area contributed by atoms with Crippen LogP contribution in [0.15, 0.2) is 18.2 Å². The topological polar surface area (TPSA) is 68.2 Å². The van der Waals surface area contributed by atoms with Crippen LogP contribution in [-0.2, 0) is 6.42 Å². The fraction of sp³-hybridized carbons (Fsp3) is 0.438. The van der Waals surface area contributed by atoms with Crippen molar-refractivity contribution in [1.82, 2.24) is 4.57 Å². The van der Waals surface area contributed by atoms with Crippen LogP contribution in [0.2, 0.25) is 0 Å². The Morgan fingerprint density at radius 3 is 2.65 bits per heavy atom. The van der Waals surface area contributed by atoms with Gasteiger partial charge >= 0.3 is 5.97 Å². The molecule has 108 valence electrons. The summed E-state index contributed by atoms with van der Waals surface area (Å²) in [6.07, 6.45) is 1.80. The first-order chi connectivity index (χ1) is 9.47. The number of carbonyl (C=O) groups is 1. The third kappa shape index (κ3) is 2.43. The molecule has 1 heterocycles. The van der Waals surface area contributed by atoms with E-state index >= 15 is 0 Å². The summed E-state index contributed by atoms with van der Waals surface area (Å²) in [6.45, 7) is 7.03. The van der Waals surface area contributed by atoms with E-state index in [1.54, 1.807) is 12.1 Å². The Bertz CT molecular complexity index is 641. The maximum Gasteiger partial charge on any atom is 0.335 e. The van der Waals surface area contributed by atoms with Crippen LogP contribution in [0.5, 0.6) is 0 Å². The highest BCUT2D eigenvalue weighted by Gasteiger charge is 2.17. The third-order valence-electron chi connectivity index (χ3n) is 3.77. The van der Waals surface area contributed by atoms with Gasteiger partial charge in [0.25, 0.3) is 0 Å². The quantitative estimate of drug-likeness (QED) is 0.880. The Morgan fingerprint density at radius 1 is 1.40 bits per heavy atom. The van der Waals surface area contributed by atoms with Crippen molar-refractivity contribution in [3.8, 4) is 0 Å². The molecule has 0 radical (unpaired) electrons. The van der Waals surface area contributed by atoms with Gasteiger partial charge in [-0.05, 0) is 63.9 Å². The van der Waals surface area contributed by atoms with Gasteiger partial charge in [0.2, 0.25) is 0 Å². The molecule has 4 heteroatoms. The van der Waals surface area contributed by atoms with Gasteiger partial charge in [0.05, 0.1) is 5.56 Å². The van der Waals surface area contributed by atoms with Gasteiger partial charge in [-0.2, -0.15) is 0 Å². The van der Waals surface area contributed by atoms with E-state index in [4.69, 9.17) is 10.8 Å². The number of carboxylic acids is 1. The first kappa shape index (κ1) is 14.6. The molecule has 0 atom stereocenters. The molecule has 20 heavy (non-hydrogen) atoms. The standard InChI is InChI=1S/C16H22N2O2/c1-10(2)18-11(3)13(5-4-8-17)14-9-12(16(19)20)6-7-15(14)18/h6-7,9-10H,4-5,8,17H2,1-3H3,(H,19,20). The molecule has 0 bridgehead atoms. The van der Waals surface area contributed by atoms with Crippen LogP contribution in [0, 0.1) is 6.92 Å². The zero-order valence-corrected chi connectivity index (χ0v) is 12.3. The molecule has 0 aliphatic rings. The summed E-state index contributed by atoms with van der Waals surface area (Å²) in [5.74, 6) is -0.883. The molecule has 0 spiro atoms. The van der Waals surface area contributed by atoms with Gasteiger partial charge in [-0.1, -0.05) is 0 Å². The number of carboxylic acid groups (broad SMARTS) is 1. The van der Waals surface area contributed by atoms with E-state index in [1.165, 1.54) is 11.3 Å². The van der Waals surface area contributed by atoms with Crippen molar-refractivity contribution < 1.29 is 9.90 Å². The van der Waals surface area contributed by atoms with Crippen LogP contribution in [0.3, 0.4) is 0 Å². The predicted octanol–water partition coefficient (Wildman–Crippen LogP) is 3.12. The molecule has 0 aliphatic carbocycles. The van der Waals surface area contributed by atoms with E-state index in [9.17, 15) is 4.79 Å². The van der Waals surface area contributed by atoms with Crippen molar-refractivity contribution >= 4 is 16.9 Å². The largest absolute Gasteiger partial charge is 0.478 e. The SMILES string of the molecule is Cc1c(CCCN)c2cc(C(=O)O)ccc2n1C(C)C. The van der Waals surface area contributed by atoms with Crippen molar-refractivity contribution in [3.63, 3.8) is 0 Å². The van der Waals surface area contributed by atoms with Crippen LogP contribution in [0.4, 0.5) is 0 Å². The van der Waals surface area contributed by atoms with Crippen LogP contribution in [0.25, 0.3) is 10.9 Å². The molecule has 3 N–H and O–H groups in total. The van der Waals surface area contributed by atoms with Crippen molar-refractivity contribution in [1.29, 1.82) is 0 Å². The van der Waals surface area contributed by atoms with Crippen molar-refractivity contribution in [2.75, 3.05) is 6.54 Å². The first-order valence-corrected chi connectivity index (χ1v) is 7.04. The average molecular weight is 274 g/mol. The fourth-order valence-corrected chi connectivity index (χ4v) is 2.90. The van der Waals surface area contributed by atoms with Crippen LogP contribution < -0.4 is 5.73 Å². The molecule has 0 unspecified atom stereocenters. The van der Waals surface area contributed by atoms with Crippen LogP contribution >= 0.6 is 0 Å². The number of benzene rings is 1. The van der Waals surface area contributed by atoms with Crippen LogP contribution in [-0.4, -0.2) is 22.2 Å². The second kappa shape index (κ2) is 5.67. The number of hydrogen-bond donors (Lipinski definition) is 2. The number of nitrogens with zero attached hydrogens (tertiary/aromatic N) is 1. The van der Waals surface area contributed by atoms with Gasteiger partial charge in [0.1, 0.15) is 0 Å². The molecule has 0 fully saturated rings. The lowest BCUT2D eigenvalue weighted by molar-refractivity contribution is 0.0697. The Labute approximate surface area is 119 Å². The normalized spacial score (nSPS) is 11.4. The van der Waals surface area contributed by atoms with Crippen molar-refractivity contribution in [2.24, 2.45) is 5.73 Å². The average Bonchev–Trinajstić information content (AvgIpc) is 2.67. The first-order valence-electron chi connectivity index (χ1n) is 7.04. The lowest BCUT2D eigenvalue weighted by Gasteiger charge is -2.12. The molecular formula is C16H22N2O2. The molecule has 1 aromatic carbocycles. The van der Waals surface area contributed by atoms with E-state index in [0.717, 1.165) is 23.7 Å². The number of nitrogens with two attached hydrogens (primary N) is 1. The fourth-order valence-electron chi connectivity index (χ4n) is 2.90. The monoisotopic (exact) mass is 274 g/mol. The molecule has 0 amide bonds. The Kier molecular flexibility index (Phi) is 4.14. The summed E-state index contributed by atoms with van der Waals surface area (Å²) < 4.78 is 2.27. The Balaban J connectivity index is 2.69. The minimum Gasteiger partial charge on any atom is -0.478 e. The summed E-state index contributed by atoms with van der Waals surface area (Å²) >= 11 is 0. The second-order valence-electron chi connectivity index (χ2n) is 5.46. The van der Waals surface area contributed by atoms with Gasteiger partial charge in [-0.3, -0.25) is 0 Å². The second-order valence-corrected chi connectivity index (χ2v) is 5.46. The molecule has 4 nitrogen and oxygen atoms in total. The van der Waals surface area contributed by atoms with E-state index in [0.29, 0.717) is 18.2 Å². The molecular weight excluding hydrogens is 252 g/mol. The number of aryl methyl sites for hydroxylation is 1. The van der Waals surface area contributed by atoms with E-state index < -0.39 is 5.97 Å². The minimum absolute atomic E-state index is 0.340. The Hall–Kier alpha value is -1.81. The van der Waals surface area contributed by atoms with E-state index in [-0.39, 0.29) is 0 Å². The number of aromatic nitrogens is 1. The maximum absolute atomic E-state index is 11.2. The van der Waals surface area contributed by atoms with Gasteiger partial charge in [0, 0.05) is 22.6 Å². The molecule has 1 aromatic heterocycles. The summed E-state index contributed by atoms with van der Waals surface area (Å²) in [6, 6.07) is 5.72. The summed E-state index contributed by atoms with van der Waals surface area (Å²) in [7, 11) is 0. The van der Waals surface area contributed by atoms with Gasteiger partial charge in [-0.15, -0.1) is 0 Å². The van der Waals surface area contributed by atoms with Gasteiger partial charge in [-0.25, -0.2) is 4.79 Å². The number of fused-ring (bicyclic) bond motifs is 1. The van der Waals surface area contributed by atoms with Crippen LogP contribution in [0.1, 0.15) is 47.9 Å². The maximum atomic E-state index is 11.2. The van der Waals surface area contributed by atoms with Gasteiger partial charge in [0.15, 0.2) is 0 Å². The highest BCUT2D eigenvalue weighted by molar-refractivity contribution is 5.95. The predicted molar refractivity (Wildman–Crippen MR) is 81.4 cm³/mol. The van der Waals surface area contributed by atoms with Crippen molar-refractivity contribution in [2.45, 2.75) is 39.7 Å². The minimum atomic E-state index is -0.883. The summed E-state index contributed by atoms with van der Waals surface area (Å²) in [4.78, 5) is 11.2. The summed E-state index contributed by atoms with van der Waals surface area (Å²) in [5, 5.41) is 10.2. The van der Waals surface area contributed by atoms with E-state index in [2.05, 4.69) is 25.3 Å². The third-order valence-corrected chi connectivity index (χ3v) is 3.77. The zero-order valence-electron chi connectivity index (χ0n) is 12.3. The number of hydrogen-bond acceptors (Lipinski definition) is 2. The highest BCUT2D eigenvalue weighted by atomic mass is 16.4. The molecule has 0 aliphatic heterocycles. The van der Waals surface area contributed by atoms with Crippen molar-refractivity contribution in [3.05, 3.63) is 35.0 Å².